The third-order valence-electron chi connectivity index (χ3n) is 15.5. The van der Waals surface area contributed by atoms with Crippen LogP contribution in [0.1, 0.15) is 55.5 Å². The highest BCUT2D eigenvalue weighted by Gasteiger charge is 2.39. The molecule has 0 aromatic heterocycles. The van der Waals surface area contributed by atoms with E-state index in [0.29, 0.717) is 22.7 Å². The summed E-state index contributed by atoms with van der Waals surface area (Å²) in [5.74, 6) is -3.63. The largest absolute Gasteiger partial charge is 0.506 e. The van der Waals surface area contributed by atoms with E-state index >= 15 is 0 Å². The van der Waals surface area contributed by atoms with Crippen LogP contribution in [0.2, 0.25) is 0 Å². The van der Waals surface area contributed by atoms with Gasteiger partial charge in [-0.1, -0.05) is 150 Å². The zero-order valence-electron chi connectivity index (χ0n) is 41.6. The summed E-state index contributed by atoms with van der Waals surface area (Å²) in [5, 5.41) is 73.5. The Labute approximate surface area is 433 Å². The lowest BCUT2D eigenvalue weighted by Crippen LogP contribution is -2.28. The number of anilines is 6. The first-order chi connectivity index (χ1) is 35.3. The summed E-state index contributed by atoms with van der Waals surface area (Å²) in [7, 11) is 20.0. The third kappa shape index (κ3) is 6.65. The monoisotopic (exact) mass is 962 g/mol. The van der Waals surface area contributed by atoms with Crippen molar-refractivity contribution in [3.63, 3.8) is 0 Å². The van der Waals surface area contributed by atoms with Gasteiger partial charge in [0, 0.05) is 38.7 Å². The van der Waals surface area contributed by atoms with Crippen LogP contribution in [-0.4, -0.2) is 54.2 Å². The molecule has 0 bridgehead atoms. The maximum Gasteiger partial charge on any atom is 0.199 e. The summed E-state index contributed by atoms with van der Waals surface area (Å²) in [5.41, 5.74) is 10.1. The molecule has 0 aliphatic heterocycles. The molecule has 0 amide bonds. The van der Waals surface area contributed by atoms with Gasteiger partial charge in [-0.15, -0.1) is 0 Å². The minimum atomic E-state index is -0.825. The van der Waals surface area contributed by atoms with Gasteiger partial charge in [-0.3, -0.25) is 0 Å². The predicted molar refractivity (Wildman–Crippen MR) is 306 cm³/mol. The van der Waals surface area contributed by atoms with Crippen molar-refractivity contribution in [2.24, 2.45) is 0 Å². The molecule has 2 aliphatic rings. The number of hydrogen-bond acceptors (Lipinski definition) is 8. The Morgan fingerprint density at radius 2 is 0.824 bits per heavy atom. The van der Waals surface area contributed by atoms with E-state index < -0.39 is 45.3 Å². The molecule has 0 fully saturated rings. The molecule has 11 heteroatoms. The minimum absolute atomic E-state index is 0.0738. The average Bonchev–Trinajstić information content (AvgIpc) is 3.80. The summed E-state index contributed by atoms with van der Waals surface area (Å²) in [6.45, 7) is 17.0. The second-order valence-electron chi connectivity index (χ2n) is 20.2. The fourth-order valence-electron chi connectivity index (χ4n) is 11.6. The predicted octanol–water partition coefficient (Wildman–Crippen LogP) is 12.4. The van der Waals surface area contributed by atoms with Crippen LogP contribution in [0.15, 0.2) is 159 Å². The Morgan fingerprint density at radius 3 is 1.27 bits per heavy atom. The summed E-state index contributed by atoms with van der Waals surface area (Å²) in [4.78, 5) is 3.58. The molecule has 12 rings (SSSR count). The van der Waals surface area contributed by atoms with Crippen LogP contribution < -0.4 is 26.2 Å². The first-order valence-electron chi connectivity index (χ1n) is 24.2. The molecule has 10 aromatic rings. The molecule has 8 nitrogen and oxygen atoms in total. The molecule has 0 saturated carbocycles. The number of phenols is 6. The zero-order chi connectivity index (χ0) is 52.4. The van der Waals surface area contributed by atoms with Gasteiger partial charge in [0.2, 0.25) is 0 Å². The molecule has 0 heterocycles. The summed E-state index contributed by atoms with van der Waals surface area (Å²) < 4.78 is 0. The van der Waals surface area contributed by atoms with Gasteiger partial charge in [-0.05, 0) is 131 Å². The molecular weight excluding hydrogens is 913 g/mol. The van der Waals surface area contributed by atoms with Gasteiger partial charge >= 0.3 is 0 Å². The van der Waals surface area contributed by atoms with Gasteiger partial charge in [0.25, 0.3) is 0 Å². The second-order valence-corrected chi connectivity index (χ2v) is 20.2. The van der Waals surface area contributed by atoms with E-state index in [4.69, 9.17) is 23.5 Å². The number of rotatable bonds is 7. The van der Waals surface area contributed by atoms with Gasteiger partial charge in [-0.2, -0.15) is 0 Å². The van der Waals surface area contributed by atoms with Crippen LogP contribution in [0.5, 0.6) is 34.5 Å². The van der Waals surface area contributed by atoms with Gasteiger partial charge < -0.3 is 40.4 Å². The molecule has 10 aromatic carbocycles. The Bertz CT molecular complexity index is 3730. The number of allylic oxidation sites excluding steroid dienone is 2. The highest BCUT2D eigenvalue weighted by Crippen LogP contribution is 2.56. The van der Waals surface area contributed by atoms with E-state index in [0.717, 1.165) is 65.7 Å². The number of phenolic OH excluding ortho intramolecular Hbond substituents is 6. The second kappa shape index (κ2) is 17.0. The maximum atomic E-state index is 12.0. The van der Waals surface area contributed by atoms with E-state index in [9.17, 15) is 30.6 Å². The van der Waals surface area contributed by atoms with E-state index in [-0.39, 0.29) is 33.3 Å². The van der Waals surface area contributed by atoms with Crippen LogP contribution in [0.25, 0.3) is 54.6 Å². The third-order valence-corrected chi connectivity index (χ3v) is 15.5. The van der Waals surface area contributed by atoms with Crippen LogP contribution in [0.4, 0.5) is 34.1 Å². The van der Waals surface area contributed by atoms with Crippen LogP contribution in [0, 0.1) is 6.92 Å². The highest BCUT2D eigenvalue weighted by molar-refractivity contribution is 6.47. The zero-order valence-corrected chi connectivity index (χ0v) is 41.6. The number of fused-ring (bicyclic) bond motifs is 6. The minimum Gasteiger partial charge on any atom is -0.506 e. The summed E-state index contributed by atoms with van der Waals surface area (Å²) >= 11 is 0. The fraction of sp³-hybridized carbons (Fsp3) is 0.111. The first-order valence-corrected chi connectivity index (χ1v) is 24.2. The van der Waals surface area contributed by atoms with Gasteiger partial charge in [0.05, 0.1) is 11.4 Å². The molecule has 6 N–H and O–H groups in total. The smallest absolute Gasteiger partial charge is 0.199 e. The van der Waals surface area contributed by atoms with Crippen molar-refractivity contribution in [1.29, 1.82) is 0 Å². The normalized spacial score (nSPS) is 13.5. The van der Waals surface area contributed by atoms with Crippen molar-refractivity contribution >= 4 is 106 Å². The van der Waals surface area contributed by atoms with E-state index in [1.54, 1.807) is 17.1 Å². The Hall–Kier alpha value is -8.69. The van der Waals surface area contributed by atoms with Gasteiger partial charge in [-0.25, -0.2) is 0 Å². The van der Waals surface area contributed by atoms with Crippen LogP contribution in [0.3, 0.4) is 0 Å². The van der Waals surface area contributed by atoms with Crippen LogP contribution >= 0.6 is 0 Å². The molecule has 0 spiro atoms. The molecule has 0 saturated heterocycles. The molecule has 74 heavy (non-hydrogen) atoms. The molecule has 0 unspecified atom stereocenters. The number of nitrogens with zero attached hydrogens (tertiary/aromatic N) is 2. The SMILES string of the molecule is C=CC=C.[B]c1c(C)c(O)c(O)c(N(c2ccc3c(c2)C(C)(C)c2ccccc2-3)c2ccc3ccc4c(N(c5ccc6c(c5)C(C)(C)c5ccccc5-6)c5c([B])c(O)c(O)c(O)c5[B])ccc5ccc2c3c54)c1O. The van der Waals surface area contributed by atoms with Gasteiger partial charge in [0.1, 0.15) is 35.0 Å². The Balaban J connectivity index is 0.00000142. The van der Waals surface area contributed by atoms with Crippen molar-refractivity contribution in [1.82, 2.24) is 0 Å². The van der Waals surface area contributed by atoms with Crippen molar-refractivity contribution < 1.29 is 30.6 Å². The molecule has 0 atom stereocenters. The highest BCUT2D eigenvalue weighted by atomic mass is 16.3. The Kier molecular flexibility index (Phi) is 10.9. The molecule has 356 valence electrons. The number of aromatic hydroxyl groups is 6. The molecule has 2 aliphatic carbocycles. The lowest BCUT2D eigenvalue weighted by molar-refractivity contribution is 0.372. The lowest BCUT2D eigenvalue weighted by Gasteiger charge is -2.33. The van der Waals surface area contributed by atoms with E-state index in [2.05, 4.69) is 89.4 Å². The standard InChI is InChI=1S/C59H43B3N2O6.C4H6/c1-28-47(60)53(66)51(56(69)52(28)65)64(32-19-23-36-34-11-7-9-13-40(34)59(4,5)42(36)27-32)44-25-17-30-14-20-37-43(24-16-29-15-21-38(44)46(30)45(29)37)63(50-48(61)54(67)57(70)55(68)49(50)62)31-18-22-35-33-10-6-8-12-39(33)58(2,3)41(35)26-31;1-3-4-2/h6-27,65-70H,1-5H3;3-4H,1-2H2. The van der Waals surface area contributed by atoms with Crippen molar-refractivity contribution in [3.8, 4) is 56.8 Å². The molecular formula is C63H49B3N2O6. The van der Waals surface area contributed by atoms with Crippen LogP contribution in [-0.2, 0) is 10.8 Å². The first kappa shape index (κ1) is 47.6. The number of benzene rings is 10. The summed E-state index contributed by atoms with van der Waals surface area (Å²) in [6, 6.07) is 44.7. The summed E-state index contributed by atoms with van der Waals surface area (Å²) in [6.07, 6.45) is 3.28. The van der Waals surface area contributed by atoms with Crippen molar-refractivity contribution in [2.45, 2.75) is 45.4 Å². The van der Waals surface area contributed by atoms with Gasteiger partial charge in [0.15, 0.2) is 28.7 Å². The van der Waals surface area contributed by atoms with E-state index in [1.807, 2.05) is 89.8 Å². The fourth-order valence-corrected chi connectivity index (χ4v) is 11.6. The lowest BCUT2D eigenvalue weighted by atomic mass is 9.80. The molecule has 6 radical (unpaired) electrons. The Morgan fingerprint density at radius 1 is 0.419 bits per heavy atom. The van der Waals surface area contributed by atoms with Crippen molar-refractivity contribution in [2.75, 3.05) is 9.80 Å². The van der Waals surface area contributed by atoms with Crippen molar-refractivity contribution in [3.05, 3.63) is 187 Å². The number of hydrogen-bond donors (Lipinski definition) is 6. The van der Waals surface area contributed by atoms with E-state index in [1.165, 1.54) is 18.1 Å². The topological polar surface area (TPSA) is 128 Å². The maximum absolute atomic E-state index is 12.0. The average molecular weight is 963 g/mol. The quantitative estimate of drug-likeness (QED) is 0.0306.